The van der Waals surface area contributed by atoms with Crippen molar-refractivity contribution in [2.75, 3.05) is 0 Å². The number of hydrogen-bond donors (Lipinski definition) is 3. The largest absolute Gasteiger partial charge is 0.506 e. The molecule has 21 heavy (non-hydrogen) atoms. The van der Waals surface area contributed by atoms with Gasteiger partial charge in [-0.15, -0.1) is 0 Å². The molecule has 4 rings (SSSR count). The van der Waals surface area contributed by atoms with Gasteiger partial charge < -0.3 is 15.1 Å². The minimum absolute atomic E-state index is 0.0115. The Balaban J connectivity index is 2.18. The van der Waals surface area contributed by atoms with Gasteiger partial charge in [0.25, 0.3) is 5.56 Å². The summed E-state index contributed by atoms with van der Waals surface area (Å²) in [4.78, 5) is 18.2. The van der Waals surface area contributed by atoms with Crippen LogP contribution in [0.4, 0.5) is 0 Å². The minimum Gasteiger partial charge on any atom is -0.506 e. The summed E-state index contributed by atoms with van der Waals surface area (Å²) in [5.74, 6) is 0.0115. The lowest BCUT2D eigenvalue weighted by atomic mass is 10.0. The zero-order chi connectivity index (χ0) is 14.4. The van der Waals surface area contributed by atoms with Crippen molar-refractivity contribution in [3.63, 3.8) is 0 Å². The molecule has 2 aromatic heterocycles. The zero-order valence-electron chi connectivity index (χ0n) is 11.1. The number of rotatable bonds is 1. The SMILES string of the molecule is O=c1[nH]c2[nH]c3ccccc3c2c(O)c1-c1ccccc1. The Kier molecular flexibility index (Phi) is 2.38. The Morgan fingerprint density at radius 3 is 2.38 bits per heavy atom. The number of aromatic nitrogens is 2. The second kappa shape index (κ2) is 4.24. The standard InChI is InChI=1S/C17H12N2O2/c20-15-13(10-6-2-1-3-7-10)17(21)19-16-14(15)11-8-4-5-9-12(11)18-16/h1-9H,(H3,18,19,20,21). The molecule has 4 aromatic rings. The highest BCUT2D eigenvalue weighted by Crippen LogP contribution is 2.36. The summed E-state index contributed by atoms with van der Waals surface area (Å²) in [5, 5.41) is 12.2. The van der Waals surface area contributed by atoms with E-state index in [9.17, 15) is 9.90 Å². The number of aromatic hydroxyl groups is 1. The summed E-state index contributed by atoms with van der Waals surface area (Å²) in [6.45, 7) is 0. The molecule has 0 saturated heterocycles. The maximum absolute atomic E-state index is 12.3. The van der Waals surface area contributed by atoms with Gasteiger partial charge in [0.1, 0.15) is 11.4 Å². The summed E-state index contributed by atoms with van der Waals surface area (Å²) in [5.41, 5.74) is 2.11. The van der Waals surface area contributed by atoms with Crippen LogP contribution in [-0.2, 0) is 0 Å². The van der Waals surface area contributed by atoms with Crippen LogP contribution in [0.5, 0.6) is 5.75 Å². The molecule has 0 unspecified atom stereocenters. The molecule has 0 aliphatic heterocycles. The van der Waals surface area contributed by atoms with E-state index < -0.39 is 0 Å². The number of para-hydroxylation sites is 1. The van der Waals surface area contributed by atoms with Crippen molar-refractivity contribution in [3.8, 4) is 16.9 Å². The molecule has 0 radical (unpaired) electrons. The number of fused-ring (bicyclic) bond motifs is 3. The lowest BCUT2D eigenvalue weighted by molar-refractivity contribution is 0.483. The monoisotopic (exact) mass is 276 g/mol. The first-order valence-electron chi connectivity index (χ1n) is 6.67. The molecule has 0 amide bonds. The van der Waals surface area contributed by atoms with E-state index in [1.807, 2.05) is 54.6 Å². The highest BCUT2D eigenvalue weighted by atomic mass is 16.3. The molecule has 2 aromatic carbocycles. The Hall–Kier alpha value is -3.01. The van der Waals surface area contributed by atoms with E-state index in [0.717, 1.165) is 10.9 Å². The van der Waals surface area contributed by atoms with Crippen molar-refractivity contribution in [1.82, 2.24) is 9.97 Å². The molecule has 4 nitrogen and oxygen atoms in total. The lowest BCUT2D eigenvalue weighted by Crippen LogP contribution is -2.09. The number of benzene rings is 2. The van der Waals surface area contributed by atoms with Gasteiger partial charge in [0.15, 0.2) is 0 Å². The molecule has 0 saturated carbocycles. The van der Waals surface area contributed by atoms with E-state index in [1.165, 1.54) is 0 Å². The van der Waals surface area contributed by atoms with Gasteiger partial charge in [-0.25, -0.2) is 0 Å². The number of nitrogens with one attached hydrogen (secondary N) is 2. The van der Waals surface area contributed by atoms with Crippen LogP contribution in [0, 0.1) is 0 Å². The molecular weight excluding hydrogens is 264 g/mol. The maximum atomic E-state index is 12.3. The highest BCUT2D eigenvalue weighted by Gasteiger charge is 2.17. The number of hydrogen-bond acceptors (Lipinski definition) is 2. The molecule has 0 atom stereocenters. The van der Waals surface area contributed by atoms with Crippen LogP contribution in [0.25, 0.3) is 33.1 Å². The predicted molar refractivity (Wildman–Crippen MR) is 83.5 cm³/mol. The Bertz CT molecular complexity index is 1010. The fraction of sp³-hybridized carbons (Fsp3) is 0. The summed E-state index contributed by atoms with van der Waals surface area (Å²) >= 11 is 0. The van der Waals surface area contributed by atoms with Gasteiger partial charge in [0.2, 0.25) is 0 Å². The molecule has 0 spiro atoms. The summed E-state index contributed by atoms with van der Waals surface area (Å²) in [6.07, 6.45) is 0. The number of H-pyrrole nitrogens is 2. The molecule has 0 aliphatic carbocycles. The van der Waals surface area contributed by atoms with E-state index in [-0.39, 0.29) is 11.3 Å². The molecule has 2 heterocycles. The van der Waals surface area contributed by atoms with Crippen LogP contribution in [0.2, 0.25) is 0 Å². The van der Waals surface area contributed by atoms with Crippen molar-refractivity contribution in [2.45, 2.75) is 0 Å². The first-order valence-corrected chi connectivity index (χ1v) is 6.67. The molecule has 3 N–H and O–H groups in total. The van der Waals surface area contributed by atoms with Crippen LogP contribution in [0.1, 0.15) is 0 Å². The van der Waals surface area contributed by atoms with Gasteiger partial charge in [-0.2, -0.15) is 0 Å². The fourth-order valence-electron chi connectivity index (χ4n) is 2.76. The van der Waals surface area contributed by atoms with Crippen LogP contribution in [0.3, 0.4) is 0 Å². The van der Waals surface area contributed by atoms with Gasteiger partial charge in [-0.3, -0.25) is 4.79 Å². The summed E-state index contributed by atoms with van der Waals surface area (Å²) in [7, 11) is 0. The smallest absolute Gasteiger partial charge is 0.261 e. The predicted octanol–water partition coefficient (Wildman–Crippen LogP) is 3.38. The van der Waals surface area contributed by atoms with Crippen molar-refractivity contribution < 1.29 is 5.11 Å². The molecule has 4 heteroatoms. The molecule has 0 bridgehead atoms. The van der Waals surface area contributed by atoms with E-state index in [0.29, 0.717) is 22.2 Å². The van der Waals surface area contributed by atoms with Crippen molar-refractivity contribution in [2.24, 2.45) is 0 Å². The van der Waals surface area contributed by atoms with E-state index in [4.69, 9.17) is 0 Å². The Morgan fingerprint density at radius 2 is 1.57 bits per heavy atom. The average molecular weight is 276 g/mol. The third kappa shape index (κ3) is 1.66. The van der Waals surface area contributed by atoms with E-state index in [1.54, 1.807) is 0 Å². The first kappa shape index (κ1) is 11.8. The quantitative estimate of drug-likeness (QED) is 0.499. The van der Waals surface area contributed by atoms with Gasteiger partial charge in [0.05, 0.1) is 10.9 Å². The highest BCUT2D eigenvalue weighted by molar-refractivity contribution is 6.10. The number of aromatic amines is 2. The molecule has 0 aliphatic rings. The fourth-order valence-corrected chi connectivity index (χ4v) is 2.76. The third-order valence-corrected chi connectivity index (χ3v) is 3.71. The van der Waals surface area contributed by atoms with Crippen LogP contribution in [0.15, 0.2) is 59.4 Å². The molecule has 0 fully saturated rings. The van der Waals surface area contributed by atoms with Crippen molar-refractivity contribution in [3.05, 3.63) is 65.0 Å². The normalized spacial score (nSPS) is 11.2. The van der Waals surface area contributed by atoms with Gasteiger partial charge >= 0.3 is 0 Å². The lowest BCUT2D eigenvalue weighted by Gasteiger charge is -2.05. The number of pyridine rings is 1. The van der Waals surface area contributed by atoms with Crippen molar-refractivity contribution >= 4 is 21.9 Å². The maximum Gasteiger partial charge on any atom is 0.261 e. The molecule has 102 valence electrons. The minimum atomic E-state index is -0.308. The van der Waals surface area contributed by atoms with Crippen molar-refractivity contribution in [1.29, 1.82) is 0 Å². The third-order valence-electron chi connectivity index (χ3n) is 3.71. The van der Waals surface area contributed by atoms with Gasteiger partial charge in [0, 0.05) is 10.9 Å². The van der Waals surface area contributed by atoms with Crippen LogP contribution < -0.4 is 5.56 Å². The van der Waals surface area contributed by atoms with Gasteiger partial charge in [-0.1, -0.05) is 48.5 Å². The van der Waals surface area contributed by atoms with Gasteiger partial charge in [-0.05, 0) is 11.6 Å². The van der Waals surface area contributed by atoms with E-state index in [2.05, 4.69) is 9.97 Å². The first-order chi connectivity index (χ1) is 10.3. The second-order valence-corrected chi connectivity index (χ2v) is 4.96. The molecular formula is C17H12N2O2. The average Bonchev–Trinajstić information content (AvgIpc) is 2.86. The summed E-state index contributed by atoms with van der Waals surface area (Å²) in [6, 6.07) is 16.8. The van der Waals surface area contributed by atoms with Crippen LogP contribution in [-0.4, -0.2) is 15.1 Å². The van der Waals surface area contributed by atoms with Crippen LogP contribution >= 0.6 is 0 Å². The topological polar surface area (TPSA) is 68.9 Å². The Labute approximate surface area is 119 Å². The zero-order valence-corrected chi connectivity index (χ0v) is 11.1. The second-order valence-electron chi connectivity index (χ2n) is 4.96. The Morgan fingerprint density at radius 1 is 0.857 bits per heavy atom. The van der Waals surface area contributed by atoms with E-state index >= 15 is 0 Å². The summed E-state index contributed by atoms with van der Waals surface area (Å²) < 4.78 is 0.